The van der Waals surface area contributed by atoms with Crippen LogP contribution in [0.25, 0.3) is 21.8 Å². The maximum Gasteiger partial charge on any atom is 0.222 e. The number of hydrogen-bond donors (Lipinski definition) is 2. The van der Waals surface area contributed by atoms with Crippen LogP contribution in [0.1, 0.15) is 19.4 Å². The fourth-order valence-corrected chi connectivity index (χ4v) is 2.93. The molecule has 0 bridgehead atoms. The molecule has 0 spiro atoms. The minimum Gasteiger partial charge on any atom is -0.490 e. The molecule has 130 valence electrons. The minimum atomic E-state index is 0.0895. The minimum absolute atomic E-state index is 0.0895. The van der Waals surface area contributed by atoms with Gasteiger partial charge in [0.15, 0.2) is 0 Å². The summed E-state index contributed by atoms with van der Waals surface area (Å²) in [4.78, 5) is 7.66. The van der Waals surface area contributed by atoms with Crippen LogP contribution in [0.4, 0.5) is 5.95 Å². The van der Waals surface area contributed by atoms with Gasteiger partial charge in [-0.3, -0.25) is 0 Å². The van der Waals surface area contributed by atoms with Gasteiger partial charge in [0.1, 0.15) is 5.75 Å². The van der Waals surface area contributed by atoms with Crippen molar-refractivity contribution in [2.24, 2.45) is 5.10 Å². The van der Waals surface area contributed by atoms with Crippen LogP contribution in [0.2, 0.25) is 0 Å². The lowest BCUT2D eigenvalue weighted by Gasteiger charge is -2.14. The first-order chi connectivity index (χ1) is 12.7. The highest BCUT2D eigenvalue weighted by Crippen LogP contribution is 2.27. The zero-order valence-corrected chi connectivity index (χ0v) is 14.7. The molecule has 26 heavy (non-hydrogen) atoms. The maximum absolute atomic E-state index is 5.96. The Labute approximate surface area is 151 Å². The second-order valence-electron chi connectivity index (χ2n) is 6.34. The average molecular weight is 344 g/mol. The zero-order valence-electron chi connectivity index (χ0n) is 14.7. The number of fused-ring (bicyclic) bond motifs is 2. The highest BCUT2D eigenvalue weighted by atomic mass is 16.5. The van der Waals surface area contributed by atoms with E-state index in [1.807, 2.05) is 56.3 Å². The van der Waals surface area contributed by atoms with Gasteiger partial charge in [-0.15, -0.1) is 0 Å². The Morgan fingerprint density at radius 3 is 2.69 bits per heavy atom. The average Bonchev–Trinajstić information content (AvgIpc) is 3.05. The molecule has 0 saturated heterocycles. The van der Waals surface area contributed by atoms with Gasteiger partial charge in [-0.1, -0.05) is 42.5 Å². The van der Waals surface area contributed by atoms with E-state index >= 15 is 0 Å². The molecule has 0 fully saturated rings. The predicted octanol–water partition coefficient (Wildman–Crippen LogP) is 4.95. The van der Waals surface area contributed by atoms with E-state index in [0.717, 1.165) is 33.1 Å². The highest BCUT2D eigenvalue weighted by Gasteiger charge is 2.08. The number of para-hydroxylation sites is 2. The number of nitrogens with zero attached hydrogens (tertiary/aromatic N) is 2. The van der Waals surface area contributed by atoms with E-state index in [0.29, 0.717) is 5.95 Å². The van der Waals surface area contributed by atoms with Gasteiger partial charge < -0.3 is 9.72 Å². The lowest BCUT2D eigenvalue weighted by Crippen LogP contribution is -2.08. The van der Waals surface area contributed by atoms with Crippen LogP contribution in [0, 0.1) is 0 Å². The number of anilines is 1. The first kappa shape index (κ1) is 16.1. The van der Waals surface area contributed by atoms with Gasteiger partial charge in [-0.25, -0.2) is 10.4 Å². The summed E-state index contributed by atoms with van der Waals surface area (Å²) in [5, 5.41) is 6.62. The number of H-pyrrole nitrogens is 1. The molecule has 0 radical (unpaired) electrons. The fraction of sp³-hybridized carbons (Fsp3) is 0.143. The molecule has 5 heteroatoms. The van der Waals surface area contributed by atoms with Crippen molar-refractivity contribution in [2.45, 2.75) is 20.0 Å². The lowest BCUT2D eigenvalue weighted by molar-refractivity contribution is 0.242. The largest absolute Gasteiger partial charge is 0.490 e. The van der Waals surface area contributed by atoms with Crippen molar-refractivity contribution in [1.29, 1.82) is 0 Å². The number of rotatable bonds is 5. The Morgan fingerprint density at radius 2 is 1.85 bits per heavy atom. The summed E-state index contributed by atoms with van der Waals surface area (Å²) in [5.41, 5.74) is 5.79. The summed E-state index contributed by atoms with van der Waals surface area (Å²) in [6.45, 7) is 4.03. The molecular formula is C21H20N4O. The molecule has 1 heterocycles. The van der Waals surface area contributed by atoms with Crippen molar-refractivity contribution in [1.82, 2.24) is 9.97 Å². The molecule has 0 saturated carbocycles. The summed E-state index contributed by atoms with van der Waals surface area (Å²) in [5.74, 6) is 1.42. The number of nitrogens with one attached hydrogen (secondary N) is 2. The van der Waals surface area contributed by atoms with E-state index in [9.17, 15) is 0 Å². The summed E-state index contributed by atoms with van der Waals surface area (Å²) in [6, 6.07) is 20.1. The van der Waals surface area contributed by atoms with Gasteiger partial charge >= 0.3 is 0 Å². The van der Waals surface area contributed by atoms with E-state index in [2.05, 4.69) is 38.7 Å². The van der Waals surface area contributed by atoms with Crippen molar-refractivity contribution < 1.29 is 4.74 Å². The fourth-order valence-electron chi connectivity index (χ4n) is 2.93. The zero-order chi connectivity index (χ0) is 17.9. The Kier molecular flexibility index (Phi) is 4.27. The maximum atomic E-state index is 5.96. The van der Waals surface area contributed by atoms with Crippen LogP contribution in [0.15, 0.2) is 65.8 Å². The molecule has 5 nitrogen and oxygen atoms in total. The summed E-state index contributed by atoms with van der Waals surface area (Å²) >= 11 is 0. The van der Waals surface area contributed by atoms with Crippen LogP contribution >= 0.6 is 0 Å². The number of benzene rings is 3. The molecule has 0 aliphatic carbocycles. The molecular weight excluding hydrogens is 324 g/mol. The summed E-state index contributed by atoms with van der Waals surface area (Å²) in [7, 11) is 0. The number of aromatic amines is 1. The van der Waals surface area contributed by atoms with Gasteiger partial charge in [0, 0.05) is 5.56 Å². The monoisotopic (exact) mass is 344 g/mol. The smallest absolute Gasteiger partial charge is 0.222 e. The van der Waals surface area contributed by atoms with Crippen molar-refractivity contribution in [2.75, 3.05) is 5.43 Å². The second-order valence-corrected chi connectivity index (χ2v) is 6.34. The molecule has 3 aromatic carbocycles. The van der Waals surface area contributed by atoms with E-state index in [4.69, 9.17) is 4.74 Å². The van der Waals surface area contributed by atoms with Crippen LogP contribution in [-0.4, -0.2) is 22.3 Å². The van der Waals surface area contributed by atoms with E-state index in [1.165, 1.54) is 0 Å². The first-order valence-electron chi connectivity index (χ1n) is 8.63. The third-order valence-corrected chi connectivity index (χ3v) is 4.05. The number of imidazole rings is 1. The highest BCUT2D eigenvalue weighted by molar-refractivity contribution is 6.02. The number of ether oxygens (including phenoxy) is 1. The molecule has 0 aliphatic rings. The van der Waals surface area contributed by atoms with Gasteiger partial charge in [-0.2, -0.15) is 5.10 Å². The standard InChI is InChI=1S/C21H20N4O/c1-14(2)26-20-12-11-15-7-3-4-8-16(15)17(20)13-22-25-21-23-18-9-5-6-10-19(18)24-21/h3-14H,1-2H3,(H2,23,24,25)/b22-13-. The normalized spacial score (nSPS) is 11.7. The van der Waals surface area contributed by atoms with E-state index in [-0.39, 0.29) is 6.10 Å². The number of aromatic nitrogens is 2. The SMILES string of the molecule is CC(C)Oc1ccc2ccccc2c1/C=N\Nc1nc2ccccc2[nH]1. The van der Waals surface area contributed by atoms with Crippen molar-refractivity contribution in [3.8, 4) is 5.75 Å². The van der Waals surface area contributed by atoms with Gasteiger partial charge in [0.2, 0.25) is 5.95 Å². The van der Waals surface area contributed by atoms with Crippen molar-refractivity contribution in [3.63, 3.8) is 0 Å². The van der Waals surface area contributed by atoms with Crippen molar-refractivity contribution >= 4 is 34.0 Å². The Morgan fingerprint density at radius 1 is 1.04 bits per heavy atom. The number of hydrogen-bond acceptors (Lipinski definition) is 4. The Bertz CT molecular complexity index is 1050. The molecule has 2 N–H and O–H groups in total. The number of hydrazone groups is 1. The molecule has 4 aromatic rings. The van der Waals surface area contributed by atoms with Gasteiger partial charge in [0.05, 0.1) is 23.4 Å². The summed E-state index contributed by atoms with van der Waals surface area (Å²) in [6.07, 6.45) is 1.87. The summed E-state index contributed by atoms with van der Waals surface area (Å²) < 4.78 is 5.96. The molecule has 0 unspecified atom stereocenters. The van der Waals surface area contributed by atoms with Gasteiger partial charge in [0.25, 0.3) is 0 Å². The molecule has 0 amide bonds. The topological polar surface area (TPSA) is 62.3 Å². The van der Waals surface area contributed by atoms with E-state index in [1.54, 1.807) is 6.21 Å². The van der Waals surface area contributed by atoms with Crippen LogP contribution in [0.3, 0.4) is 0 Å². The third kappa shape index (κ3) is 3.24. The predicted molar refractivity (Wildman–Crippen MR) is 107 cm³/mol. The lowest BCUT2D eigenvalue weighted by atomic mass is 10.0. The molecule has 4 rings (SSSR count). The Balaban J connectivity index is 1.67. The molecule has 0 atom stereocenters. The second kappa shape index (κ2) is 6.88. The van der Waals surface area contributed by atoms with Gasteiger partial charge in [-0.05, 0) is 42.8 Å². The van der Waals surface area contributed by atoms with Crippen LogP contribution in [0.5, 0.6) is 5.75 Å². The van der Waals surface area contributed by atoms with E-state index < -0.39 is 0 Å². The Hall–Kier alpha value is -3.34. The van der Waals surface area contributed by atoms with Crippen LogP contribution in [-0.2, 0) is 0 Å². The quantitative estimate of drug-likeness (QED) is 0.398. The van der Waals surface area contributed by atoms with Crippen LogP contribution < -0.4 is 10.2 Å². The van der Waals surface area contributed by atoms with Crippen molar-refractivity contribution in [3.05, 3.63) is 66.2 Å². The molecule has 0 aliphatic heterocycles. The third-order valence-electron chi connectivity index (χ3n) is 4.05. The first-order valence-corrected chi connectivity index (χ1v) is 8.63. The molecule has 1 aromatic heterocycles.